The van der Waals surface area contributed by atoms with Crippen LogP contribution in [0.5, 0.6) is 0 Å². The number of ether oxygens (including phenoxy) is 1. The van der Waals surface area contributed by atoms with Crippen molar-refractivity contribution in [2.75, 3.05) is 25.0 Å². The van der Waals surface area contributed by atoms with Gasteiger partial charge in [0.1, 0.15) is 5.82 Å². The van der Waals surface area contributed by atoms with Gasteiger partial charge in [-0.05, 0) is 32.4 Å². The fraction of sp³-hybridized carbons (Fsp3) is 0.478. The first-order valence-electron chi connectivity index (χ1n) is 11.1. The van der Waals surface area contributed by atoms with Crippen molar-refractivity contribution in [3.63, 3.8) is 0 Å². The first-order valence-corrected chi connectivity index (χ1v) is 11.1. The zero-order chi connectivity index (χ0) is 22.7. The summed E-state index contributed by atoms with van der Waals surface area (Å²) in [5.41, 5.74) is 3.49. The van der Waals surface area contributed by atoms with Crippen molar-refractivity contribution in [2.45, 2.75) is 45.8 Å². The van der Waals surface area contributed by atoms with E-state index in [-0.39, 0.29) is 18.4 Å². The van der Waals surface area contributed by atoms with Gasteiger partial charge in [-0.1, -0.05) is 12.1 Å². The topological polar surface area (TPSA) is 94.3 Å². The third-order valence-corrected chi connectivity index (χ3v) is 5.91. The van der Waals surface area contributed by atoms with E-state index in [4.69, 9.17) is 4.74 Å². The van der Waals surface area contributed by atoms with Gasteiger partial charge in [-0.2, -0.15) is 5.10 Å². The number of para-hydroxylation sites is 2. The molecule has 9 nitrogen and oxygen atoms in total. The van der Waals surface area contributed by atoms with E-state index in [0.29, 0.717) is 31.7 Å². The molecule has 2 amide bonds. The Balaban J connectivity index is 1.29. The number of aryl methyl sites for hydroxylation is 4. The molecule has 9 heteroatoms. The third kappa shape index (κ3) is 4.67. The number of nitrogens with one attached hydrogen (secondary N) is 1. The minimum atomic E-state index is -0.683. The molecule has 0 saturated carbocycles. The van der Waals surface area contributed by atoms with Crippen LogP contribution in [0.1, 0.15) is 31.3 Å². The molecule has 1 fully saturated rings. The number of anilines is 1. The second-order valence-corrected chi connectivity index (χ2v) is 8.10. The molecule has 3 heterocycles. The molecule has 1 aliphatic rings. The Kier molecular flexibility index (Phi) is 6.55. The van der Waals surface area contributed by atoms with E-state index < -0.39 is 6.10 Å². The Bertz CT molecular complexity index is 1120. The van der Waals surface area contributed by atoms with E-state index in [1.54, 1.807) is 15.8 Å². The largest absolute Gasteiger partial charge is 0.365 e. The molecule has 1 atom stereocenters. The van der Waals surface area contributed by atoms with Crippen molar-refractivity contribution in [3.8, 4) is 0 Å². The van der Waals surface area contributed by atoms with Crippen LogP contribution in [0, 0.1) is 6.92 Å². The SMILES string of the molecule is CCn1cc(NC(=O)C2CN(C(=O)CCCc3nc4ccccc4n3C)CCO2)c(C)n1. The summed E-state index contributed by atoms with van der Waals surface area (Å²) in [5.74, 6) is 0.766. The molecule has 0 radical (unpaired) electrons. The first kappa shape index (κ1) is 22.0. The Morgan fingerprint density at radius 1 is 1.28 bits per heavy atom. The van der Waals surface area contributed by atoms with Crippen molar-refractivity contribution >= 4 is 28.5 Å². The summed E-state index contributed by atoms with van der Waals surface area (Å²) in [6.45, 7) is 5.68. The van der Waals surface area contributed by atoms with Gasteiger partial charge in [-0.15, -0.1) is 0 Å². The number of imidazole rings is 1. The molecule has 0 aliphatic carbocycles. The smallest absolute Gasteiger partial charge is 0.255 e. The fourth-order valence-electron chi connectivity index (χ4n) is 4.03. The molecule has 1 aliphatic heterocycles. The number of hydrogen-bond donors (Lipinski definition) is 1. The Morgan fingerprint density at radius 3 is 2.84 bits per heavy atom. The Labute approximate surface area is 187 Å². The number of morpholine rings is 1. The number of carbonyl (C=O) groups is 2. The maximum absolute atomic E-state index is 12.8. The second-order valence-electron chi connectivity index (χ2n) is 8.10. The van der Waals surface area contributed by atoms with Gasteiger partial charge in [-0.25, -0.2) is 4.98 Å². The number of aromatic nitrogens is 4. The maximum atomic E-state index is 12.8. The minimum Gasteiger partial charge on any atom is -0.365 e. The number of fused-ring (bicyclic) bond motifs is 1. The van der Waals surface area contributed by atoms with Gasteiger partial charge in [0.05, 0.1) is 35.6 Å². The average molecular weight is 439 g/mol. The zero-order valence-corrected chi connectivity index (χ0v) is 18.9. The summed E-state index contributed by atoms with van der Waals surface area (Å²) < 4.78 is 9.49. The van der Waals surface area contributed by atoms with Crippen LogP contribution in [-0.4, -0.2) is 61.8 Å². The van der Waals surface area contributed by atoms with Gasteiger partial charge in [0.2, 0.25) is 5.91 Å². The highest BCUT2D eigenvalue weighted by Crippen LogP contribution is 2.17. The van der Waals surface area contributed by atoms with Crippen LogP contribution in [0.4, 0.5) is 5.69 Å². The normalized spacial score (nSPS) is 16.5. The van der Waals surface area contributed by atoms with Gasteiger partial charge in [0.15, 0.2) is 6.10 Å². The predicted molar refractivity (Wildman–Crippen MR) is 121 cm³/mol. The minimum absolute atomic E-state index is 0.0415. The molecule has 1 aromatic carbocycles. The summed E-state index contributed by atoms with van der Waals surface area (Å²) >= 11 is 0. The summed E-state index contributed by atoms with van der Waals surface area (Å²) in [4.78, 5) is 31.8. The lowest BCUT2D eigenvalue weighted by molar-refractivity contribution is -0.144. The number of benzene rings is 1. The molecule has 4 rings (SSSR count). The van der Waals surface area contributed by atoms with E-state index in [9.17, 15) is 9.59 Å². The lowest BCUT2D eigenvalue weighted by atomic mass is 10.2. The maximum Gasteiger partial charge on any atom is 0.255 e. The first-order chi connectivity index (χ1) is 15.5. The summed E-state index contributed by atoms with van der Waals surface area (Å²) in [7, 11) is 2.00. The van der Waals surface area contributed by atoms with Crippen LogP contribution in [0.25, 0.3) is 11.0 Å². The van der Waals surface area contributed by atoms with Gasteiger partial charge in [-0.3, -0.25) is 14.3 Å². The van der Waals surface area contributed by atoms with E-state index in [2.05, 4.69) is 20.0 Å². The number of hydrogen-bond acceptors (Lipinski definition) is 5. The van der Waals surface area contributed by atoms with Crippen molar-refractivity contribution in [3.05, 3.63) is 42.0 Å². The van der Waals surface area contributed by atoms with Crippen LogP contribution >= 0.6 is 0 Å². The highest BCUT2D eigenvalue weighted by molar-refractivity contribution is 5.95. The summed E-state index contributed by atoms with van der Waals surface area (Å²) in [5, 5.41) is 7.22. The monoisotopic (exact) mass is 438 g/mol. The van der Waals surface area contributed by atoms with Gasteiger partial charge >= 0.3 is 0 Å². The average Bonchev–Trinajstić information content (AvgIpc) is 3.33. The number of carbonyl (C=O) groups excluding carboxylic acids is 2. The number of nitrogens with zero attached hydrogens (tertiary/aromatic N) is 5. The van der Waals surface area contributed by atoms with Crippen LogP contribution in [0.3, 0.4) is 0 Å². The van der Waals surface area contributed by atoms with Crippen LogP contribution in [0.2, 0.25) is 0 Å². The molecule has 170 valence electrons. The van der Waals surface area contributed by atoms with Gasteiger partial charge < -0.3 is 19.5 Å². The van der Waals surface area contributed by atoms with Crippen molar-refractivity contribution < 1.29 is 14.3 Å². The molecule has 1 N–H and O–H groups in total. The van der Waals surface area contributed by atoms with Crippen molar-refractivity contribution in [1.29, 1.82) is 0 Å². The molecule has 1 saturated heterocycles. The predicted octanol–water partition coefficient (Wildman–Crippen LogP) is 2.29. The molecule has 0 spiro atoms. The molecule has 3 aromatic rings. The van der Waals surface area contributed by atoms with Gasteiger partial charge in [0.25, 0.3) is 5.91 Å². The Morgan fingerprint density at radius 2 is 2.09 bits per heavy atom. The lowest BCUT2D eigenvalue weighted by Crippen LogP contribution is -2.50. The molecular formula is C23H30N6O3. The highest BCUT2D eigenvalue weighted by Gasteiger charge is 2.29. The molecular weight excluding hydrogens is 408 g/mol. The van der Waals surface area contributed by atoms with E-state index in [0.717, 1.165) is 35.5 Å². The van der Waals surface area contributed by atoms with Crippen LogP contribution in [0.15, 0.2) is 30.5 Å². The zero-order valence-electron chi connectivity index (χ0n) is 18.9. The number of rotatable bonds is 7. The lowest BCUT2D eigenvalue weighted by Gasteiger charge is -2.32. The molecule has 1 unspecified atom stereocenters. The Hall–Kier alpha value is -3.20. The summed E-state index contributed by atoms with van der Waals surface area (Å²) in [6.07, 6.45) is 2.97. The van der Waals surface area contributed by atoms with E-state index in [1.807, 2.05) is 45.2 Å². The standard InChI is InChI=1S/C23H30N6O3/c1-4-29-14-18(16(2)26-29)25-23(31)20-15-28(12-13-32-20)22(30)11-7-10-21-24-17-8-5-6-9-19(17)27(21)3/h5-6,8-9,14,20H,4,7,10-13,15H2,1-3H3,(H,25,31). The second kappa shape index (κ2) is 9.52. The summed E-state index contributed by atoms with van der Waals surface area (Å²) in [6, 6.07) is 8.02. The van der Waals surface area contributed by atoms with Crippen LogP contribution < -0.4 is 5.32 Å². The molecule has 2 aromatic heterocycles. The van der Waals surface area contributed by atoms with Crippen molar-refractivity contribution in [1.82, 2.24) is 24.2 Å². The third-order valence-electron chi connectivity index (χ3n) is 5.91. The van der Waals surface area contributed by atoms with Crippen LogP contribution in [-0.2, 0) is 34.3 Å². The molecule has 0 bridgehead atoms. The van der Waals surface area contributed by atoms with E-state index in [1.165, 1.54) is 0 Å². The molecule has 32 heavy (non-hydrogen) atoms. The quantitative estimate of drug-likeness (QED) is 0.611. The van der Waals surface area contributed by atoms with E-state index >= 15 is 0 Å². The van der Waals surface area contributed by atoms with Crippen molar-refractivity contribution in [2.24, 2.45) is 7.05 Å². The van der Waals surface area contributed by atoms with Gasteiger partial charge in [0, 0.05) is 39.2 Å². The fourth-order valence-corrected chi connectivity index (χ4v) is 4.03. The number of amides is 2. The highest BCUT2D eigenvalue weighted by atomic mass is 16.5.